The van der Waals surface area contributed by atoms with Crippen LogP contribution in [-0.4, -0.2) is 47.2 Å². The molecule has 0 bridgehead atoms. The third-order valence-corrected chi connectivity index (χ3v) is 6.93. The lowest BCUT2D eigenvalue weighted by Crippen LogP contribution is -2.25. The monoisotopic (exact) mass is 498 g/mol. The number of nitrogens with one attached hydrogen (secondary N) is 1. The van der Waals surface area contributed by atoms with Gasteiger partial charge in [0.1, 0.15) is 0 Å². The van der Waals surface area contributed by atoms with Crippen LogP contribution in [0.25, 0.3) is 11.3 Å². The SMILES string of the molecule is CCN(CC)CCCOC(=O)Nc1ncc2c(n1)-c1ccccc1C(c1ccc(Cl)c(Cl)c1)C2. The molecule has 0 spiro atoms. The number of carbonyl (C=O) groups excluding carboxylic acids is 1. The predicted molar refractivity (Wildman–Crippen MR) is 137 cm³/mol. The highest BCUT2D eigenvalue weighted by molar-refractivity contribution is 6.42. The summed E-state index contributed by atoms with van der Waals surface area (Å²) in [4.78, 5) is 23.6. The molecule has 0 aliphatic heterocycles. The van der Waals surface area contributed by atoms with E-state index in [1.54, 1.807) is 6.20 Å². The van der Waals surface area contributed by atoms with Crippen LogP contribution in [0.3, 0.4) is 0 Å². The highest BCUT2D eigenvalue weighted by Gasteiger charge is 2.28. The van der Waals surface area contributed by atoms with Gasteiger partial charge in [-0.2, -0.15) is 0 Å². The summed E-state index contributed by atoms with van der Waals surface area (Å²) in [6, 6.07) is 13.9. The molecule has 6 nitrogen and oxygen atoms in total. The molecule has 1 N–H and O–H groups in total. The van der Waals surface area contributed by atoms with E-state index >= 15 is 0 Å². The van der Waals surface area contributed by atoms with Crippen LogP contribution in [-0.2, 0) is 11.2 Å². The lowest BCUT2D eigenvalue weighted by Gasteiger charge is -2.27. The van der Waals surface area contributed by atoms with Crippen molar-refractivity contribution in [3.8, 4) is 11.3 Å². The Balaban J connectivity index is 1.48. The van der Waals surface area contributed by atoms with E-state index in [0.717, 1.165) is 60.4 Å². The summed E-state index contributed by atoms with van der Waals surface area (Å²) in [6.45, 7) is 7.46. The van der Waals surface area contributed by atoms with Crippen molar-refractivity contribution < 1.29 is 9.53 Å². The van der Waals surface area contributed by atoms with Crippen molar-refractivity contribution in [3.63, 3.8) is 0 Å². The number of fused-ring (bicyclic) bond motifs is 3. The van der Waals surface area contributed by atoms with Gasteiger partial charge in [0.05, 0.1) is 22.3 Å². The number of aromatic nitrogens is 2. The molecule has 2 aromatic carbocycles. The lowest BCUT2D eigenvalue weighted by molar-refractivity contribution is 0.153. The summed E-state index contributed by atoms with van der Waals surface area (Å²) in [5.74, 6) is 0.340. The van der Waals surface area contributed by atoms with E-state index in [9.17, 15) is 4.79 Å². The van der Waals surface area contributed by atoms with Crippen molar-refractivity contribution in [2.45, 2.75) is 32.6 Å². The molecule has 1 aliphatic carbocycles. The van der Waals surface area contributed by atoms with E-state index in [0.29, 0.717) is 16.7 Å². The van der Waals surface area contributed by atoms with Crippen LogP contribution in [0.15, 0.2) is 48.7 Å². The number of benzene rings is 2. The van der Waals surface area contributed by atoms with Crippen molar-refractivity contribution in [2.24, 2.45) is 0 Å². The van der Waals surface area contributed by atoms with Gasteiger partial charge in [-0.1, -0.05) is 67.4 Å². The summed E-state index contributed by atoms with van der Waals surface area (Å²) in [5.41, 5.74) is 5.07. The molecule has 4 rings (SSSR count). The summed E-state index contributed by atoms with van der Waals surface area (Å²) < 4.78 is 5.31. The number of rotatable bonds is 8. The summed E-state index contributed by atoms with van der Waals surface area (Å²) in [5, 5.41) is 3.74. The molecular weight excluding hydrogens is 471 g/mol. The van der Waals surface area contributed by atoms with Crippen LogP contribution in [0.5, 0.6) is 0 Å². The van der Waals surface area contributed by atoms with Crippen LogP contribution in [0.2, 0.25) is 10.0 Å². The van der Waals surface area contributed by atoms with E-state index in [2.05, 4.69) is 40.1 Å². The molecule has 1 unspecified atom stereocenters. The first kappa shape index (κ1) is 24.5. The third kappa shape index (κ3) is 5.52. The third-order valence-electron chi connectivity index (χ3n) is 6.19. The smallest absolute Gasteiger partial charge is 0.414 e. The van der Waals surface area contributed by atoms with Crippen molar-refractivity contribution in [1.29, 1.82) is 0 Å². The van der Waals surface area contributed by atoms with Gasteiger partial charge in [-0.25, -0.2) is 14.8 Å². The Morgan fingerprint density at radius 1 is 1.15 bits per heavy atom. The van der Waals surface area contributed by atoms with E-state index in [1.807, 2.05) is 36.4 Å². The molecule has 178 valence electrons. The maximum atomic E-state index is 12.3. The van der Waals surface area contributed by atoms with Crippen LogP contribution in [0.1, 0.15) is 42.9 Å². The number of nitrogens with zero attached hydrogens (tertiary/aromatic N) is 3. The van der Waals surface area contributed by atoms with Crippen LogP contribution < -0.4 is 5.32 Å². The number of hydrogen-bond donors (Lipinski definition) is 1. The number of anilines is 1. The second-order valence-corrected chi connectivity index (χ2v) is 9.04. The van der Waals surface area contributed by atoms with Gasteiger partial charge in [0, 0.05) is 24.2 Å². The Morgan fingerprint density at radius 2 is 1.94 bits per heavy atom. The maximum Gasteiger partial charge on any atom is 0.414 e. The molecule has 0 saturated carbocycles. The van der Waals surface area contributed by atoms with E-state index in [1.165, 1.54) is 0 Å². The van der Waals surface area contributed by atoms with E-state index < -0.39 is 6.09 Å². The molecular formula is C26H28Cl2N4O2. The van der Waals surface area contributed by atoms with Crippen LogP contribution >= 0.6 is 23.2 Å². The average Bonchev–Trinajstić information content (AvgIpc) is 2.85. The first-order valence-electron chi connectivity index (χ1n) is 11.6. The highest BCUT2D eigenvalue weighted by Crippen LogP contribution is 2.42. The minimum atomic E-state index is -0.544. The fourth-order valence-electron chi connectivity index (χ4n) is 4.34. The molecule has 1 aliphatic rings. The fourth-order valence-corrected chi connectivity index (χ4v) is 4.65. The van der Waals surface area contributed by atoms with Gasteiger partial charge in [0.15, 0.2) is 0 Å². The average molecular weight is 499 g/mol. The summed E-state index contributed by atoms with van der Waals surface area (Å²) in [6.07, 6.45) is 2.74. The molecule has 1 atom stereocenters. The molecule has 1 heterocycles. The Morgan fingerprint density at radius 3 is 2.71 bits per heavy atom. The Labute approximate surface area is 210 Å². The van der Waals surface area contributed by atoms with E-state index in [-0.39, 0.29) is 11.9 Å². The second-order valence-electron chi connectivity index (χ2n) is 8.23. The lowest BCUT2D eigenvalue weighted by atomic mass is 9.78. The molecule has 0 radical (unpaired) electrons. The minimum Gasteiger partial charge on any atom is -0.449 e. The summed E-state index contributed by atoms with van der Waals surface area (Å²) in [7, 11) is 0. The second kappa shape index (κ2) is 11.2. The maximum absolute atomic E-state index is 12.3. The van der Waals surface area contributed by atoms with Gasteiger partial charge in [-0.05, 0) is 54.8 Å². The highest BCUT2D eigenvalue weighted by atomic mass is 35.5. The van der Waals surface area contributed by atoms with Gasteiger partial charge in [0.2, 0.25) is 5.95 Å². The zero-order chi connectivity index (χ0) is 24.1. The minimum absolute atomic E-state index is 0.108. The number of ether oxygens (including phenoxy) is 1. The van der Waals surface area contributed by atoms with Crippen molar-refractivity contribution in [3.05, 3.63) is 75.4 Å². The first-order valence-corrected chi connectivity index (χ1v) is 12.3. The Bertz CT molecular complexity index is 1170. The number of hydrogen-bond acceptors (Lipinski definition) is 5. The quantitative estimate of drug-likeness (QED) is 0.363. The number of carbonyl (C=O) groups is 1. The Hall–Kier alpha value is -2.67. The van der Waals surface area contributed by atoms with Gasteiger partial charge in [-0.3, -0.25) is 5.32 Å². The summed E-state index contributed by atoms with van der Waals surface area (Å²) >= 11 is 12.4. The largest absolute Gasteiger partial charge is 0.449 e. The van der Waals surface area contributed by atoms with Crippen molar-refractivity contribution in [1.82, 2.24) is 14.9 Å². The number of amides is 1. The van der Waals surface area contributed by atoms with Gasteiger partial charge in [0.25, 0.3) is 0 Å². The molecule has 8 heteroatoms. The molecule has 34 heavy (non-hydrogen) atoms. The van der Waals surface area contributed by atoms with Crippen molar-refractivity contribution in [2.75, 3.05) is 31.6 Å². The zero-order valence-electron chi connectivity index (χ0n) is 19.4. The molecule has 3 aromatic rings. The topological polar surface area (TPSA) is 67.3 Å². The normalized spacial score (nSPS) is 14.4. The standard InChI is InChI=1S/C26H28Cl2N4O2/c1-3-32(4-2)12-7-13-34-26(33)31-25-29-16-18-14-21(17-10-11-22(27)23(28)15-17)19-8-5-6-9-20(19)24(18)30-25/h5-6,8-11,15-16,21H,3-4,7,12-14H2,1-2H3,(H,29,30,31,33). The van der Waals surface area contributed by atoms with Gasteiger partial charge in [-0.15, -0.1) is 0 Å². The molecule has 0 fully saturated rings. The van der Waals surface area contributed by atoms with E-state index in [4.69, 9.17) is 27.9 Å². The Kier molecular flexibility index (Phi) is 8.03. The zero-order valence-corrected chi connectivity index (χ0v) is 20.9. The molecule has 1 aromatic heterocycles. The molecule has 0 saturated heterocycles. The number of halogens is 2. The van der Waals surface area contributed by atoms with Gasteiger partial charge >= 0.3 is 6.09 Å². The predicted octanol–water partition coefficient (Wildman–Crippen LogP) is 6.42. The fraction of sp³-hybridized carbons (Fsp3) is 0.346. The van der Waals surface area contributed by atoms with Crippen LogP contribution in [0.4, 0.5) is 10.7 Å². The van der Waals surface area contributed by atoms with Crippen LogP contribution in [0, 0.1) is 0 Å². The first-order chi connectivity index (χ1) is 16.5. The van der Waals surface area contributed by atoms with Gasteiger partial charge < -0.3 is 9.64 Å². The molecule has 1 amide bonds. The van der Waals surface area contributed by atoms with Crippen molar-refractivity contribution >= 4 is 35.2 Å².